The van der Waals surface area contributed by atoms with Gasteiger partial charge in [-0.3, -0.25) is 0 Å². The van der Waals surface area contributed by atoms with Crippen LogP contribution in [-0.2, 0) is 5.41 Å². The second-order valence-electron chi connectivity index (χ2n) is 3.48. The molecule has 1 aromatic rings. The third kappa shape index (κ3) is 3.10. The molecule has 0 amide bonds. The molecule has 1 rings (SSSR count). The van der Waals surface area contributed by atoms with Gasteiger partial charge in [0.15, 0.2) is 5.82 Å². The molecule has 0 saturated carbocycles. The van der Waals surface area contributed by atoms with Crippen molar-refractivity contribution < 1.29 is 45.4 Å². The van der Waals surface area contributed by atoms with Gasteiger partial charge < -0.3 is 11.1 Å². The molecule has 1 aromatic heterocycles. The number of nitrogens with zero attached hydrogens (tertiary/aromatic N) is 2. The molecular formula is C7H11N2NaO3. The maximum atomic E-state index is 10.3. The quantitative estimate of drug-likeness (QED) is 0.533. The van der Waals surface area contributed by atoms with E-state index >= 15 is 0 Å². The minimum atomic E-state index is -1.20. The van der Waals surface area contributed by atoms with Gasteiger partial charge in [-0.15, -0.1) is 0 Å². The Kier molecular flexibility index (Phi) is 4.09. The first-order chi connectivity index (χ1) is 5.41. The molecule has 0 aliphatic carbocycles. The van der Waals surface area contributed by atoms with Crippen molar-refractivity contribution in [1.82, 2.24) is 10.1 Å². The predicted octanol–water partition coefficient (Wildman–Crippen LogP) is -1.82. The topological polar surface area (TPSA) is 76.2 Å². The van der Waals surface area contributed by atoms with Gasteiger partial charge in [0.1, 0.15) is 0 Å². The molecule has 6 heteroatoms. The summed E-state index contributed by atoms with van der Waals surface area (Å²) in [7, 11) is 0. The van der Waals surface area contributed by atoms with E-state index in [1.165, 1.54) is 0 Å². The van der Waals surface area contributed by atoms with Crippen molar-refractivity contribution in [3.63, 3.8) is 0 Å². The van der Waals surface area contributed by atoms with Gasteiger partial charge in [-0.25, -0.2) is 4.79 Å². The fourth-order valence-corrected chi connectivity index (χ4v) is 0.615. The molecule has 0 aliphatic rings. The van der Waals surface area contributed by atoms with Crippen molar-refractivity contribution in [2.45, 2.75) is 26.2 Å². The van der Waals surface area contributed by atoms with Crippen molar-refractivity contribution in [2.24, 2.45) is 0 Å². The smallest absolute Gasteiger partial charge is 1.00 e. The fraction of sp³-hybridized carbons (Fsp3) is 0.571. The maximum absolute atomic E-state index is 10.3. The van der Waals surface area contributed by atoms with Crippen molar-refractivity contribution in [3.8, 4) is 0 Å². The number of aromatic nitrogens is 2. The number of carbonyl (C=O) groups is 1. The second-order valence-corrected chi connectivity index (χ2v) is 3.48. The number of hydrogen-bond acceptors (Lipinski definition) is 4. The van der Waals surface area contributed by atoms with E-state index in [0.717, 1.165) is 0 Å². The second kappa shape index (κ2) is 4.21. The van der Waals surface area contributed by atoms with Crippen LogP contribution in [0, 0.1) is 0 Å². The Bertz CT molecular complexity index is 308. The van der Waals surface area contributed by atoms with Gasteiger partial charge in [-0.05, 0) is 0 Å². The zero-order valence-corrected chi connectivity index (χ0v) is 10.2. The molecule has 0 aromatic carbocycles. The van der Waals surface area contributed by atoms with E-state index in [9.17, 15) is 4.79 Å². The van der Waals surface area contributed by atoms with Crippen LogP contribution in [0.2, 0.25) is 0 Å². The van der Waals surface area contributed by atoms with Gasteiger partial charge in [-0.1, -0.05) is 25.9 Å². The van der Waals surface area contributed by atoms with Crippen LogP contribution >= 0.6 is 0 Å². The van der Waals surface area contributed by atoms with E-state index in [-0.39, 0.29) is 42.3 Å². The zero-order chi connectivity index (χ0) is 9.35. The molecule has 0 spiro atoms. The summed E-state index contributed by atoms with van der Waals surface area (Å²) in [6.45, 7) is 5.64. The van der Waals surface area contributed by atoms with Crippen LogP contribution in [0.5, 0.6) is 0 Å². The van der Waals surface area contributed by atoms with E-state index in [2.05, 4.69) is 14.7 Å². The number of hydrogen-bond donors (Lipinski definition) is 1. The third-order valence-electron chi connectivity index (χ3n) is 1.28. The number of aromatic carboxylic acids is 1. The predicted molar refractivity (Wildman–Crippen MR) is 41.1 cm³/mol. The van der Waals surface area contributed by atoms with Crippen molar-refractivity contribution >= 4 is 5.97 Å². The molecule has 0 radical (unpaired) electrons. The van der Waals surface area contributed by atoms with E-state index < -0.39 is 5.97 Å². The molecule has 68 valence electrons. The molecule has 0 bridgehead atoms. The van der Waals surface area contributed by atoms with Crippen LogP contribution in [0.3, 0.4) is 0 Å². The van der Waals surface area contributed by atoms with E-state index in [1.807, 2.05) is 20.8 Å². The summed E-state index contributed by atoms with van der Waals surface area (Å²) in [5.74, 6) is -1.15. The average molecular weight is 194 g/mol. The Labute approximate surface area is 99.3 Å². The van der Waals surface area contributed by atoms with Crippen molar-refractivity contribution in [1.29, 1.82) is 0 Å². The normalized spacial score (nSPS) is 10.7. The molecule has 5 nitrogen and oxygen atoms in total. The minimum Gasteiger partial charge on any atom is -1.00 e. The number of carboxylic acid groups (broad SMARTS) is 1. The van der Waals surface area contributed by atoms with E-state index in [1.54, 1.807) is 0 Å². The summed E-state index contributed by atoms with van der Waals surface area (Å²) in [5, 5.41) is 12.0. The van der Waals surface area contributed by atoms with Crippen LogP contribution < -0.4 is 29.6 Å². The van der Waals surface area contributed by atoms with Crippen LogP contribution in [0.25, 0.3) is 0 Å². The summed E-state index contributed by atoms with van der Waals surface area (Å²) >= 11 is 0. The summed E-state index contributed by atoms with van der Waals surface area (Å²) in [6, 6.07) is 0. The van der Waals surface area contributed by atoms with Gasteiger partial charge in [0, 0.05) is 5.41 Å². The summed E-state index contributed by atoms with van der Waals surface area (Å²) in [5.41, 5.74) is -0.281. The Morgan fingerprint density at radius 2 is 2.08 bits per heavy atom. The number of rotatable bonds is 1. The molecule has 0 unspecified atom stereocenters. The molecule has 0 fully saturated rings. The Balaban J connectivity index is 0. The van der Waals surface area contributed by atoms with Crippen LogP contribution in [-0.4, -0.2) is 21.2 Å². The van der Waals surface area contributed by atoms with Crippen LogP contribution in [0.4, 0.5) is 0 Å². The zero-order valence-electron chi connectivity index (χ0n) is 9.16. The molecule has 13 heavy (non-hydrogen) atoms. The summed E-state index contributed by atoms with van der Waals surface area (Å²) in [6.07, 6.45) is 0. The standard InChI is InChI=1S/C7H10N2O3.Na.H/c1-7(2,3)6-8-4(5(10)11)12-9-6;;/h1-3H3,(H,10,11);;/q;+1;-1. The molecule has 1 heterocycles. The Morgan fingerprint density at radius 3 is 2.31 bits per heavy atom. The molecule has 0 atom stereocenters. The van der Waals surface area contributed by atoms with E-state index in [4.69, 9.17) is 5.11 Å². The summed E-state index contributed by atoms with van der Waals surface area (Å²) in [4.78, 5) is 14.0. The van der Waals surface area contributed by atoms with Gasteiger partial charge in [0.25, 0.3) is 0 Å². The first kappa shape index (κ1) is 12.6. The van der Waals surface area contributed by atoms with Gasteiger partial charge in [0.2, 0.25) is 0 Å². The monoisotopic (exact) mass is 194 g/mol. The molecular weight excluding hydrogens is 183 g/mol. The first-order valence-electron chi connectivity index (χ1n) is 3.49. The maximum Gasteiger partial charge on any atom is 1.00 e. The molecule has 0 saturated heterocycles. The Morgan fingerprint density at radius 1 is 1.54 bits per heavy atom. The van der Waals surface area contributed by atoms with Crippen molar-refractivity contribution in [3.05, 3.63) is 11.7 Å². The SMILES string of the molecule is CC(C)(C)c1noc(C(=O)O)n1.[H-].[Na+]. The average Bonchev–Trinajstić information content (AvgIpc) is 2.30. The fourth-order valence-electron chi connectivity index (χ4n) is 0.615. The largest absolute Gasteiger partial charge is 1.00 e. The summed E-state index contributed by atoms with van der Waals surface area (Å²) < 4.78 is 4.49. The molecule has 0 aliphatic heterocycles. The minimum absolute atomic E-state index is 0. The van der Waals surface area contributed by atoms with E-state index in [0.29, 0.717) is 5.82 Å². The van der Waals surface area contributed by atoms with Crippen molar-refractivity contribution in [2.75, 3.05) is 0 Å². The Hall–Kier alpha value is -0.390. The third-order valence-corrected chi connectivity index (χ3v) is 1.28. The van der Waals surface area contributed by atoms with Crippen LogP contribution in [0.15, 0.2) is 4.52 Å². The van der Waals surface area contributed by atoms with Gasteiger partial charge >= 0.3 is 41.4 Å². The first-order valence-corrected chi connectivity index (χ1v) is 3.49. The van der Waals surface area contributed by atoms with Gasteiger partial charge in [0.05, 0.1) is 0 Å². The molecule has 1 N–H and O–H groups in total. The van der Waals surface area contributed by atoms with Gasteiger partial charge in [-0.2, -0.15) is 4.98 Å². The van der Waals surface area contributed by atoms with Crippen LogP contribution in [0.1, 0.15) is 38.7 Å². The number of carboxylic acids is 1.